The Morgan fingerprint density at radius 2 is 1.22 bits per heavy atom. The minimum Gasteiger partial charge on any atom is -0.314 e. The van der Waals surface area contributed by atoms with Crippen LogP contribution in [0.2, 0.25) is 0 Å². The van der Waals surface area contributed by atoms with E-state index in [1.165, 1.54) is 69.3 Å². The van der Waals surface area contributed by atoms with Gasteiger partial charge in [-0.05, 0) is 12.8 Å². The second kappa shape index (κ2) is 13.4. The molecule has 0 fully saturated rings. The Balaban J connectivity index is 3.15. The number of unbranched alkanes of at least 4 members (excludes halogenated alkanes) is 9. The highest BCUT2D eigenvalue weighted by Crippen LogP contribution is 2.14. The summed E-state index contributed by atoms with van der Waals surface area (Å²) < 4.78 is 0. The van der Waals surface area contributed by atoms with E-state index in [4.69, 9.17) is 0 Å². The molecular formula is C16H35NO. The van der Waals surface area contributed by atoms with Crippen LogP contribution in [-0.4, -0.2) is 23.4 Å². The van der Waals surface area contributed by atoms with Gasteiger partial charge in [-0.15, -0.1) is 0 Å². The SMILES string of the molecule is CCCCCCCCCCCCC(CC)N(C)O. The minimum absolute atomic E-state index is 0.360. The highest BCUT2D eigenvalue weighted by Gasteiger charge is 2.09. The van der Waals surface area contributed by atoms with Gasteiger partial charge in [0.15, 0.2) is 0 Å². The maximum absolute atomic E-state index is 9.39. The standard InChI is InChI=1S/C16H35NO/c1-4-6-7-8-9-10-11-12-13-14-15-16(5-2)17(3)18/h16,18H,4-15H2,1-3H3. The first-order chi connectivity index (χ1) is 8.72. The van der Waals surface area contributed by atoms with Crippen LogP contribution >= 0.6 is 0 Å². The molecule has 110 valence electrons. The van der Waals surface area contributed by atoms with Crippen molar-refractivity contribution in [1.82, 2.24) is 5.06 Å². The first kappa shape index (κ1) is 17.9. The molecule has 0 aromatic carbocycles. The summed E-state index contributed by atoms with van der Waals surface area (Å²) in [5.41, 5.74) is 0. The number of nitrogens with zero attached hydrogens (tertiary/aromatic N) is 1. The number of hydrogen-bond donors (Lipinski definition) is 1. The van der Waals surface area contributed by atoms with E-state index in [0.29, 0.717) is 6.04 Å². The molecule has 0 aliphatic heterocycles. The van der Waals surface area contributed by atoms with E-state index in [1.807, 2.05) is 0 Å². The Morgan fingerprint density at radius 1 is 0.778 bits per heavy atom. The summed E-state index contributed by atoms with van der Waals surface area (Å²) in [6.07, 6.45) is 16.0. The van der Waals surface area contributed by atoms with Gasteiger partial charge in [0, 0.05) is 13.1 Å². The van der Waals surface area contributed by atoms with E-state index in [-0.39, 0.29) is 0 Å². The van der Waals surface area contributed by atoms with Gasteiger partial charge in [0.2, 0.25) is 0 Å². The molecule has 1 N–H and O–H groups in total. The lowest BCUT2D eigenvalue weighted by Crippen LogP contribution is -2.27. The van der Waals surface area contributed by atoms with Crippen LogP contribution in [0.4, 0.5) is 0 Å². The smallest absolute Gasteiger partial charge is 0.0344 e. The van der Waals surface area contributed by atoms with Gasteiger partial charge in [-0.3, -0.25) is 0 Å². The van der Waals surface area contributed by atoms with Gasteiger partial charge in [-0.1, -0.05) is 78.1 Å². The van der Waals surface area contributed by atoms with E-state index in [2.05, 4.69) is 13.8 Å². The molecule has 0 aromatic rings. The van der Waals surface area contributed by atoms with Gasteiger partial charge >= 0.3 is 0 Å². The molecule has 0 saturated heterocycles. The molecule has 2 heteroatoms. The lowest BCUT2D eigenvalue weighted by Gasteiger charge is -2.20. The molecule has 1 atom stereocenters. The highest BCUT2D eigenvalue weighted by atomic mass is 16.5. The molecule has 1 unspecified atom stereocenters. The molecular weight excluding hydrogens is 222 g/mol. The average Bonchev–Trinajstić information content (AvgIpc) is 2.35. The van der Waals surface area contributed by atoms with Crippen LogP contribution in [-0.2, 0) is 0 Å². The van der Waals surface area contributed by atoms with Gasteiger partial charge in [0.05, 0.1) is 0 Å². The Morgan fingerprint density at radius 3 is 1.61 bits per heavy atom. The molecule has 2 nitrogen and oxygen atoms in total. The summed E-state index contributed by atoms with van der Waals surface area (Å²) in [5.74, 6) is 0. The quantitative estimate of drug-likeness (QED) is 0.353. The average molecular weight is 257 g/mol. The lowest BCUT2D eigenvalue weighted by atomic mass is 10.0. The van der Waals surface area contributed by atoms with Crippen molar-refractivity contribution in [3.05, 3.63) is 0 Å². The molecule has 0 spiro atoms. The molecule has 0 heterocycles. The Labute approximate surface area is 115 Å². The third-order valence-electron chi connectivity index (χ3n) is 3.89. The van der Waals surface area contributed by atoms with E-state index >= 15 is 0 Å². The van der Waals surface area contributed by atoms with Crippen LogP contribution in [0, 0.1) is 0 Å². The lowest BCUT2D eigenvalue weighted by molar-refractivity contribution is -0.105. The van der Waals surface area contributed by atoms with Crippen molar-refractivity contribution in [3.63, 3.8) is 0 Å². The van der Waals surface area contributed by atoms with Crippen molar-refractivity contribution in [1.29, 1.82) is 0 Å². The van der Waals surface area contributed by atoms with Crippen molar-refractivity contribution < 1.29 is 5.21 Å². The monoisotopic (exact) mass is 257 g/mol. The van der Waals surface area contributed by atoms with Crippen molar-refractivity contribution in [2.45, 2.75) is 96.9 Å². The van der Waals surface area contributed by atoms with Crippen molar-refractivity contribution in [3.8, 4) is 0 Å². The molecule has 0 radical (unpaired) electrons. The van der Waals surface area contributed by atoms with Crippen LogP contribution in [0.1, 0.15) is 90.9 Å². The second-order valence-corrected chi connectivity index (χ2v) is 5.61. The van der Waals surface area contributed by atoms with Gasteiger partial charge in [0.1, 0.15) is 0 Å². The van der Waals surface area contributed by atoms with E-state index < -0.39 is 0 Å². The zero-order valence-electron chi connectivity index (χ0n) is 13.0. The summed E-state index contributed by atoms with van der Waals surface area (Å²) in [4.78, 5) is 0. The van der Waals surface area contributed by atoms with Crippen molar-refractivity contribution in [2.75, 3.05) is 7.05 Å². The normalized spacial score (nSPS) is 13.2. The molecule has 18 heavy (non-hydrogen) atoms. The van der Waals surface area contributed by atoms with Crippen LogP contribution in [0.25, 0.3) is 0 Å². The fraction of sp³-hybridized carbons (Fsp3) is 1.00. The minimum atomic E-state index is 0.360. The molecule has 0 aromatic heterocycles. The second-order valence-electron chi connectivity index (χ2n) is 5.61. The number of hydrogen-bond acceptors (Lipinski definition) is 2. The summed E-state index contributed by atoms with van der Waals surface area (Å²) >= 11 is 0. The van der Waals surface area contributed by atoms with Gasteiger partial charge in [-0.25, -0.2) is 0 Å². The maximum Gasteiger partial charge on any atom is 0.0344 e. The van der Waals surface area contributed by atoms with Crippen molar-refractivity contribution in [2.24, 2.45) is 0 Å². The van der Waals surface area contributed by atoms with E-state index in [9.17, 15) is 5.21 Å². The van der Waals surface area contributed by atoms with Crippen LogP contribution in [0.5, 0.6) is 0 Å². The fourth-order valence-electron chi connectivity index (χ4n) is 2.52. The summed E-state index contributed by atoms with van der Waals surface area (Å²) in [5, 5.41) is 10.8. The number of rotatable bonds is 13. The summed E-state index contributed by atoms with van der Waals surface area (Å²) in [6, 6.07) is 0.360. The fourth-order valence-corrected chi connectivity index (χ4v) is 2.52. The van der Waals surface area contributed by atoms with Gasteiger partial charge in [0.25, 0.3) is 0 Å². The molecule has 0 aliphatic rings. The third kappa shape index (κ3) is 11.0. The zero-order valence-corrected chi connectivity index (χ0v) is 13.0. The predicted molar refractivity (Wildman–Crippen MR) is 80.1 cm³/mol. The first-order valence-electron chi connectivity index (χ1n) is 8.14. The van der Waals surface area contributed by atoms with E-state index in [1.54, 1.807) is 7.05 Å². The highest BCUT2D eigenvalue weighted by molar-refractivity contribution is 4.60. The third-order valence-corrected chi connectivity index (χ3v) is 3.89. The Kier molecular flexibility index (Phi) is 13.3. The summed E-state index contributed by atoms with van der Waals surface area (Å²) in [6.45, 7) is 4.42. The Bertz CT molecular complexity index is 159. The Hall–Kier alpha value is -0.0800. The largest absolute Gasteiger partial charge is 0.314 e. The van der Waals surface area contributed by atoms with Crippen molar-refractivity contribution >= 4 is 0 Å². The van der Waals surface area contributed by atoms with Crippen LogP contribution < -0.4 is 0 Å². The van der Waals surface area contributed by atoms with Crippen LogP contribution in [0.3, 0.4) is 0 Å². The predicted octanol–water partition coefficient (Wildman–Crippen LogP) is 5.40. The van der Waals surface area contributed by atoms with Gasteiger partial charge in [-0.2, -0.15) is 5.06 Å². The summed E-state index contributed by atoms with van der Waals surface area (Å²) in [7, 11) is 1.77. The maximum atomic E-state index is 9.39. The molecule has 0 amide bonds. The molecule has 0 bridgehead atoms. The first-order valence-corrected chi connectivity index (χ1v) is 8.14. The molecule has 0 aliphatic carbocycles. The topological polar surface area (TPSA) is 23.5 Å². The van der Waals surface area contributed by atoms with Gasteiger partial charge < -0.3 is 5.21 Å². The van der Waals surface area contributed by atoms with Crippen LogP contribution in [0.15, 0.2) is 0 Å². The molecule has 0 saturated carbocycles. The van der Waals surface area contributed by atoms with E-state index in [0.717, 1.165) is 12.8 Å². The zero-order chi connectivity index (χ0) is 13.6. The number of hydroxylamine groups is 2. The molecule has 0 rings (SSSR count).